The number of carbonyl (C=O) groups is 1. The summed E-state index contributed by atoms with van der Waals surface area (Å²) in [6, 6.07) is 7.66. The maximum atomic E-state index is 12.2. The van der Waals surface area contributed by atoms with Gasteiger partial charge in [-0.1, -0.05) is 31.4 Å². The zero-order valence-corrected chi connectivity index (χ0v) is 12.1. The van der Waals surface area contributed by atoms with Crippen molar-refractivity contribution in [2.45, 2.75) is 39.2 Å². The van der Waals surface area contributed by atoms with Crippen LogP contribution in [0, 0.1) is 6.92 Å². The van der Waals surface area contributed by atoms with Gasteiger partial charge in [0.25, 0.3) is 5.91 Å². The maximum absolute atomic E-state index is 12.2. The molecule has 2 aromatic rings. The third kappa shape index (κ3) is 3.39. The minimum absolute atomic E-state index is 0.0115. The first-order valence-corrected chi connectivity index (χ1v) is 7.15. The molecule has 4 nitrogen and oxygen atoms in total. The molecule has 1 aromatic carbocycles. The van der Waals surface area contributed by atoms with Crippen LogP contribution in [0.1, 0.15) is 42.3 Å². The fourth-order valence-corrected chi connectivity index (χ4v) is 2.23. The second-order valence-corrected chi connectivity index (χ2v) is 5.20. The van der Waals surface area contributed by atoms with Crippen LogP contribution in [0.2, 0.25) is 0 Å². The highest BCUT2D eigenvalue weighted by Crippen LogP contribution is 2.20. The van der Waals surface area contributed by atoms with Gasteiger partial charge in [0, 0.05) is 18.0 Å². The molecule has 20 heavy (non-hydrogen) atoms. The van der Waals surface area contributed by atoms with E-state index < -0.39 is 0 Å². The zero-order chi connectivity index (χ0) is 14.5. The molecule has 1 aromatic heterocycles. The molecule has 0 bridgehead atoms. The van der Waals surface area contributed by atoms with Crippen LogP contribution in [0.4, 0.5) is 0 Å². The van der Waals surface area contributed by atoms with Gasteiger partial charge in [-0.25, -0.2) is 0 Å². The fourth-order valence-electron chi connectivity index (χ4n) is 2.23. The van der Waals surface area contributed by atoms with Crippen LogP contribution >= 0.6 is 0 Å². The van der Waals surface area contributed by atoms with Gasteiger partial charge in [0.05, 0.1) is 0 Å². The van der Waals surface area contributed by atoms with Gasteiger partial charge in [-0.15, -0.1) is 0 Å². The lowest BCUT2D eigenvalue weighted by atomic mass is 10.1. The van der Waals surface area contributed by atoms with Crippen LogP contribution < -0.4 is 11.1 Å². The van der Waals surface area contributed by atoms with Crippen LogP contribution in [0.3, 0.4) is 0 Å². The summed E-state index contributed by atoms with van der Waals surface area (Å²) < 4.78 is 5.58. The molecule has 1 unspecified atom stereocenters. The van der Waals surface area contributed by atoms with E-state index in [-0.39, 0.29) is 11.9 Å². The van der Waals surface area contributed by atoms with Crippen molar-refractivity contribution in [3.63, 3.8) is 0 Å². The molecule has 3 N–H and O–H groups in total. The average Bonchev–Trinajstić information content (AvgIpc) is 2.86. The Kier molecular flexibility index (Phi) is 4.79. The summed E-state index contributed by atoms with van der Waals surface area (Å²) in [7, 11) is 0. The Bertz CT molecular complexity index is 589. The highest BCUT2D eigenvalue weighted by molar-refractivity contribution is 5.96. The molecule has 1 amide bonds. The van der Waals surface area contributed by atoms with Gasteiger partial charge in [0.1, 0.15) is 5.58 Å². The number of hydrogen-bond acceptors (Lipinski definition) is 3. The predicted octanol–water partition coefficient (Wildman–Crippen LogP) is 2.99. The Morgan fingerprint density at radius 1 is 1.40 bits per heavy atom. The number of carbonyl (C=O) groups excluding carboxylic acids is 1. The first-order chi connectivity index (χ1) is 9.63. The van der Waals surface area contributed by atoms with E-state index in [0.717, 1.165) is 35.8 Å². The quantitative estimate of drug-likeness (QED) is 0.851. The summed E-state index contributed by atoms with van der Waals surface area (Å²) in [4.78, 5) is 12.2. The van der Waals surface area contributed by atoms with Crippen molar-refractivity contribution in [3.05, 3.63) is 35.6 Å². The molecular formula is C16H22N2O2. The summed E-state index contributed by atoms with van der Waals surface area (Å²) in [6.07, 6.45) is 3.05. The molecule has 2 rings (SSSR count). The Morgan fingerprint density at radius 3 is 2.90 bits per heavy atom. The number of fused-ring (bicyclic) bond motifs is 1. The van der Waals surface area contributed by atoms with Crippen LogP contribution in [0.15, 0.2) is 28.7 Å². The van der Waals surface area contributed by atoms with E-state index in [1.54, 1.807) is 6.07 Å². The van der Waals surface area contributed by atoms with E-state index in [4.69, 9.17) is 10.2 Å². The smallest absolute Gasteiger partial charge is 0.287 e. The molecule has 0 saturated carbocycles. The lowest BCUT2D eigenvalue weighted by Gasteiger charge is -2.15. The van der Waals surface area contributed by atoms with E-state index in [1.807, 2.05) is 25.1 Å². The number of furan rings is 1. The number of hydrogen-bond donors (Lipinski definition) is 2. The standard InChI is InChI=1S/C16H22N2O2/c1-3-4-5-13(10-17)18-16(19)15-9-12-8-11(2)6-7-14(12)20-15/h6-9,13H,3-5,10,17H2,1-2H3,(H,18,19). The molecule has 0 aliphatic heterocycles. The minimum atomic E-state index is -0.189. The summed E-state index contributed by atoms with van der Waals surface area (Å²) in [6.45, 7) is 4.59. The molecule has 0 saturated heterocycles. The largest absolute Gasteiger partial charge is 0.451 e. The van der Waals surface area contributed by atoms with E-state index in [2.05, 4.69) is 12.2 Å². The summed E-state index contributed by atoms with van der Waals surface area (Å²) in [5.74, 6) is 0.158. The molecule has 1 heterocycles. The molecular weight excluding hydrogens is 252 g/mol. The van der Waals surface area contributed by atoms with Crippen molar-refractivity contribution in [1.29, 1.82) is 0 Å². The van der Waals surface area contributed by atoms with Gasteiger partial charge in [-0.3, -0.25) is 4.79 Å². The van der Waals surface area contributed by atoms with Crippen LogP contribution in [-0.2, 0) is 0 Å². The first-order valence-electron chi connectivity index (χ1n) is 7.15. The van der Waals surface area contributed by atoms with Gasteiger partial charge >= 0.3 is 0 Å². The van der Waals surface area contributed by atoms with Gasteiger partial charge in [0.2, 0.25) is 0 Å². The van der Waals surface area contributed by atoms with E-state index in [0.29, 0.717) is 12.3 Å². The van der Waals surface area contributed by atoms with Crippen LogP contribution in [0.5, 0.6) is 0 Å². The minimum Gasteiger partial charge on any atom is -0.451 e. The average molecular weight is 274 g/mol. The number of aryl methyl sites for hydroxylation is 1. The lowest BCUT2D eigenvalue weighted by molar-refractivity contribution is 0.0910. The fraction of sp³-hybridized carbons (Fsp3) is 0.438. The lowest BCUT2D eigenvalue weighted by Crippen LogP contribution is -2.40. The van der Waals surface area contributed by atoms with Crippen molar-refractivity contribution in [3.8, 4) is 0 Å². The Labute approximate surface area is 119 Å². The predicted molar refractivity (Wildman–Crippen MR) is 80.8 cm³/mol. The normalized spacial score (nSPS) is 12.6. The van der Waals surface area contributed by atoms with Gasteiger partial charge in [0.15, 0.2) is 5.76 Å². The number of amides is 1. The highest BCUT2D eigenvalue weighted by Gasteiger charge is 2.16. The van der Waals surface area contributed by atoms with Crippen molar-refractivity contribution in [2.75, 3.05) is 6.54 Å². The Hall–Kier alpha value is -1.81. The molecule has 0 spiro atoms. The zero-order valence-electron chi connectivity index (χ0n) is 12.1. The molecule has 0 aliphatic rings. The van der Waals surface area contributed by atoms with Gasteiger partial charge in [-0.05, 0) is 31.5 Å². The second kappa shape index (κ2) is 6.57. The molecule has 0 radical (unpaired) electrons. The highest BCUT2D eigenvalue weighted by atomic mass is 16.3. The Balaban J connectivity index is 2.10. The maximum Gasteiger partial charge on any atom is 0.287 e. The van der Waals surface area contributed by atoms with Crippen molar-refractivity contribution in [2.24, 2.45) is 5.73 Å². The van der Waals surface area contributed by atoms with Crippen molar-refractivity contribution < 1.29 is 9.21 Å². The SMILES string of the molecule is CCCCC(CN)NC(=O)c1cc2cc(C)ccc2o1. The van der Waals surface area contributed by atoms with Crippen molar-refractivity contribution in [1.82, 2.24) is 5.32 Å². The van der Waals surface area contributed by atoms with Crippen molar-refractivity contribution >= 4 is 16.9 Å². The van der Waals surface area contributed by atoms with Gasteiger partial charge < -0.3 is 15.5 Å². The molecule has 108 valence electrons. The topological polar surface area (TPSA) is 68.3 Å². The number of rotatable bonds is 6. The number of benzene rings is 1. The van der Waals surface area contributed by atoms with Gasteiger partial charge in [-0.2, -0.15) is 0 Å². The number of nitrogens with two attached hydrogens (primary N) is 1. The van der Waals surface area contributed by atoms with E-state index >= 15 is 0 Å². The molecule has 1 atom stereocenters. The number of nitrogens with one attached hydrogen (secondary N) is 1. The molecule has 4 heteroatoms. The second-order valence-electron chi connectivity index (χ2n) is 5.20. The summed E-state index contributed by atoms with van der Waals surface area (Å²) in [5, 5.41) is 3.89. The van der Waals surface area contributed by atoms with E-state index in [9.17, 15) is 4.79 Å². The number of unbranched alkanes of at least 4 members (excludes halogenated alkanes) is 1. The monoisotopic (exact) mass is 274 g/mol. The summed E-state index contributed by atoms with van der Waals surface area (Å²) >= 11 is 0. The van der Waals surface area contributed by atoms with Crippen LogP contribution in [0.25, 0.3) is 11.0 Å². The third-order valence-corrected chi connectivity index (χ3v) is 3.42. The molecule has 0 aliphatic carbocycles. The van der Waals surface area contributed by atoms with Crippen LogP contribution in [-0.4, -0.2) is 18.5 Å². The van der Waals surface area contributed by atoms with E-state index in [1.165, 1.54) is 0 Å². The first kappa shape index (κ1) is 14.6. The summed E-state index contributed by atoms with van der Waals surface area (Å²) in [5.41, 5.74) is 7.57. The Morgan fingerprint density at radius 2 is 2.20 bits per heavy atom. The third-order valence-electron chi connectivity index (χ3n) is 3.42. The molecule has 0 fully saturated rings.